The van der Waals surface area contributed by atoms with Crippen molar-refractivity contribution in [1.29, 1.82) is 0 Å². The van der Waals surface area contributed by atoms with Crippen LogP contribution in [0.2, 0.25) is 0 Å². The van der Waals surface area contributed by atoms with Crippen LogP contribution in [0.1, 0.15) is 43.6 Å². The number of hydrogen-bond acceptors (Lipinski definition) is 2. The van der Waals surface area contributed by atoms with Crippen LogP contribution < -0.4 is 11.1 Å². The molecule has 0 amide bonds. The smallest absolute Gasteiger partial charge is 0.159 e. The van der Waals surface area contributed by atoms with E-state index in [9.17, 15) is 8.78 Å². The minimum absolute atomic E-state index is 0.339. The Kier molecular flexibility index (Phi) is 3.54. The second kappa shape index (κ2) is 5.17. The van der Waals surface area contributed by atoms with Gasteiger partial charge in [-0.25, -0.2) is 8.78 Å². The summed E-state index contributed by atoms with van der Waals surface area (Å²) in [4.78, 5) is 0. The summed E-state index contributed by atoms with van der Waals surface area (Å²) in [7, 11) is 0. The standard InChI is InChI=1S/C15H20F2N2/c16-13-6-1-9(7-14(13)17)12-8-15(12)19-11-4-2-10(18)3-5-11/h1,6-7,10-12,15,19H,2-5,8,18H2/t10?,11?,12-,15?/m1/s1. The van der Waals surface area contributed by atoms with Gasteiger partial charge in [0, 0.05) is 24.0 Å². The van der Waals surface area contributed by atoms with Crippen molar-refractivity contribution in [3.05, 3.63) is 35.4 Å². The van der Waals surface area contributed by atoms with Gasteiger partial charge in [-0.05, 0) is 49.8 Å². The van der Waals surface area contributed by atoms with Gasteiger partial charge in [0.2, 0.25) is 0 Å². The molecule has 4 heteroatoms. The second-order valence-corrected chi connectivity index (χ2v) is 5.90. The minimum atomic E-state index is -0.768. The molecule has 2 saturated carbocycles. The summed E-state index contributed by atoms with van der Waals surface area (Å²) in [5.41, 5.74) is 6.79. The summed E-state index contributed by atoms with van der Waals surface area (Å²) in [6.07, 6.45) is 5.44. The molecule has 2 fully saturated rings. The van der Waals surface area contributed by atoms with Gasteiger partial charge >= 0.3 is 0 Å². The van der Waals surface area contributed by atoms with E-state index in [2.05, 4.69) is 5.32 Å². The zero-order chi connectivity index (χ0) is 13.4. The normalized spacial score (nSPS) is 34.3. The Balaban J connectivity index is 1.54. The lowest BCUT2D eigenvalue weighted by molar-refractivity contribution is 0.339. The Morgan fingerprint density at radius 3 is 2.47 bits per heavy atom. The summed E-state index contributed by atoms with van der Waals surface area (Å²) < 4.78 is 26.1. The Labute approximate surface area is 112 Å². The van der Waals surface area contributed by atoms with Crippen LogP contribution in [0.15, 0.2) is 18.2 Å². The molecule has 19 heavy (non-hydrogen) atoms. The third kappa shape index (κ3) is 2.95. The fourth-order valence-corrected chi connectivity index (χ4v) is 3.08. The molecule has 1 aromatic carbocycles. The average molecular weight is 266 g/mol. The average Bonchev–Trinajstić information content (AvgIpc) is 3.15. The Morgan fingerprint density at radius 1 is 1.05 bits per heavy atom. The third-order valence-electron chi connectivity index (χ3n) is 4.38. The molecule has 0 radical (unpaired) electrons. The molecular formula is C15H20F2N2. The highest BCUT2D eigenvalue weighted by atomic mass is 19.2. The zero-order valence-electron chi connectivity index (χ0n) is 10.9. The van der Waals surface area contributed by atoms with Gasteiger partial charge in [0.05, 0.1) is 0 Å². The van der Waals surface area contributed by atoms with Crippen LogP contribution in [0, 0.1) is 11.6 Å². The zero-order valence-corrected chi connectivity index (χ0v) is 10.9. The lowest BCUT2D eigenvalue weighted by atomic mass is 9.92. The molecule has 1 unspecified atom stereocenters. The molecule has 0 saturated heterocycles. The van der Waals surface area contributed by atoms with Crippen LogP contribution in [0.4, 0.5) is 8.78 Å². The van der Waals surface area contributed by atoms with Gasteiger partial charge in [-0.3, -0.25) is 0 Å². The maximum atomic E-state index is 13.2. The molecule has 2 aliphatic carbocycles. The van der Waals surface area contributed by atoms with Crippen LogP contribution in [0.25, 0.3) is 0 Å². The van der Waals surface area contributed by atoms with E-state index in [-0.39, 0.29) is 0 Å². The lowest BCUT2D eigenvalue weighted by Crippen LogP contribution is -2.38. The van der Waals surface area contributed by atoms with Crippen molar-refractivity contribution in [2.75, 3.05) is 0 Å². The van der Waals surface area contributed by atoms with Crippen LogP contribution in [0.3, 0.4) is 0 Å². The van der Waals surface area contributed by atoms with E-state index in [1.54, 1.807) is 6.07 Å². The van der Waals surface area contributed by atoms with E-state index in [1.165, 1.54) is 12.1 Å². The highest BCUT2D eigenvalue weighted by Gasteiger charge is 2.40. The number of benzene rings is 1. The highest BCUT2D eigenvalue weighted by molar-refractivity contribution is 5.29. The fourth-order valence-electron chi connectivity index (χ4n) is 3.08. The number of hydrogen-bond donors (Lipinski definition) is 2. The quantitative estimate of drug-likeness (QED) is 0.882. The maximum Gasteiger partial charge on any atom is 0.159 e. The largest absolute Gasteiger partial charge is 0.328 e. The predicted molar refractivity (Wildman–Crippen MR) is 70.9 cm³/mol. The number of halogens is 2. The molecule has 2 nitrogen and oxygen atoms in total. The van der Waals surface area contributed by atoms with E-state index in [1.807, 2.05) is 0 Å². The van der Waals surface area contributed by atoms with Gasteiger partial charge in [0.15, 0.2) is 11.6 Å². The van der Waals surface area contributed by atoms with Gasteiger partial charge < -0.3 is 11.1 Å². The van der Waals surface area contributed by atoms with Crippen LogP contribution >= 0.6 is 0 Å². The van der Waals surface area contributed by atoms with Gasteiger partial charge in [-0.15, -0.1) is 0 Å². The first-order valence-electron chi connectivity index (χ1n) is 7.10. The van der Waals surface area contributed by atoms with Crippen molar-refractivity contribution in [2.24, 2.45) is 5.73 Å². The summed E-state index contributed by atoms with van der Waals surface area (Å²) in [6, 6.07) is 5.57. The molecule has 0 bridgehead atoms. The van der Waals surface area contributed by atoms with Gasteiger partial charge in [-0.1, -0.05) is 6.07 Å². The van der Waals surface area contributed by atoms with Crippen LogP contribution in [0.5, 0.6) is 0 Å². The molecule has 0 heterocycles. The van der Waals surface area contributed by atoms with Crippen molar-refractivity contribution >= 4 is 0 Å². The molecular weight excluding hydrogens is 246 g/mol. The SMILES string of the molecule is NC1CCC(NC2C[C@@H]2c2ccc(F)c(F)c2)CC1. The Morgan fingerprint density at radius 2 is 1.79 bits per heavy atom. The molecule has 0 aliphatic heterocycles. The molecule has 104 valence electrons. The van der Waals surface area contributed by atoms with E-state index in [0.717, 1.165) is 37.7 Å². The number of rotatable bonds is 3. The molecule has 1 aromatic rings. The molecule has 3 rings (SSSR count). The van der Waals surface area contributed by atoms with Crippen LogP contribution in [-0.2, 0) is 0 Å². The summed E-state index contributed by atoms with van der Waals surface area (Å²) >= 11 is 0. The summed E-state index contributed by atoms with van der Waals surface area (Å²) in [6.45, 7) is 0. The molecule has 2 aliphatic rings. The molecule has 0 aromatic heterocycles. The summed E-state index contributed by atoms with van der Waals surface area (Å²) in [5.74, 6) is -1.17. The first-order chi connectivity index (χ1) is 9.13. The molecule has 3 N–H and O–H groups in total. The minimum Gasteiger partial charge on any atom is -0.328 e. The lowest BCUT2D eigenvalue weighted by Gasteiger charge is -2.27. The second-order valence-electron chi connectivity index (χ2n) is 5.90. The van der Waals surface area contributed by atoms with Crippen molar-refractivity contribution in [3.8, 4) is 0 Å². The Bertz CT molecular complexity index is 455. The maximum absolute atomic E-state index is 13.2. The highest BCUT2D eigenvalue weighted by Crippen LogP contribution is 2.42. The molecule has 0 spiro atoms. The summed E-state index contributed by atoms with van der Waals surface area (Å²) in [5, 5.41) is 3.62. The van der Waals surface area contributed by atoms with Crippen molar-refractivity contribution in [1.82, 2.24) is 5.32 Å². The van der Waals surface area contributed by atoms with Crippen molar-refractivity contribution < 1.29 is 8.78 Å². The monoisotopic (exact) mass is 266 g/mol. The Hall–Kier alpha value is -1.00. The van der Waals surface area contributed by atoms with E-state index < -0.39 is 11.6 Å². The van der Waals surface area contributed by atoms with Crippen molar-refractivity contribution in [3.63, 3.8) is 0 Å². The molecule has 2 atom stereocenters. The van der Waals surface area contributed by atoms with E-state index >= 15 is 0 Å². The first-order valence-corrected chi connectivity index (χ1v) is 7.10. The predicted octanol–water partition coefficient (Wildman–Crippen LogP) is 2.68. The number of nitrogens with two attached hydrogens (primary N) is 1. The topological polar surface area (TPSA) is 38.0 Å². The van der Waals surface area contributed by atoms with Gasteiger partial charge in [0.25, 0.3) is 0 Å². The van der Waals surface area contributed by atoms with Gasteiger partial charge in [0.1, 0.15) is 0 Å². The van der Waals surface area contributed by atoms with Gasteiger partial charge in [-0.2, -0.15) is 0 Å². The van der Waals surface area contributed by atoms with Crippen LogP contribution in [-0.4, -0.2) is 18.1 Å². The fraction of sp³-hybridized carbons (Fsp3) is 0.600. The third-order valence-corrected chi connectivity index (χ3v) is 4.38. The van der Waals surface area contributed by atoms with E-state index in [4.69, 9.17) is 5.73 Å². The van der Waals surface area contributed by atoms with Crippen molar-refractivity contribution in [2.45, 2.75) is 56.1 Å². The van der Waals surface area contributed by atoms with E-state index in [0.29, 0.717) is 24.0 Å². The first kappa shape index (κ1) is 13.0. The number of nitrogens with one attached hydrogen (secondary N) is 1.